The second kappa shape index (κ2) is 3.59. The highest BCUT2D eigenvalue weighted by atomic mass is 79.9. The van der Waals surface area contributed by atoms with E-state index in [0.29, 0.717) is 6.61 Å². The first-order valence-corrected chi connectivity index (χ1v) is 5.64. The SMILES string of the molecule is O[C@H]1c2cc(Br)ccc2OC[C@H]1Br. The fraction of sp³-hybridized carbons (Fsp3) is 0.333. The van der Waals surface area contributed by atoms with Gasteiger partial charge in [-0.25, -0.2) is 0 Å². The second-order valence-corrected chi connectivity index (χ2v) is 5.05. The third-order valence-corrected chi connectivity index (χ3v) is 3.29. The summed E-state index contributed by atoms with van der Waals surface area (Å²) < 4.78 is 6.39. The fourth-order valence-electron chi connectivity index (χ4n) is 1.34. The molecule has 1 heterocycles. The molecule has 0 aromatic heterocycles. The van der Waals surface area contributed by atoms with Gasteiger partial charge in [-0.2, -0.15) is 0 Å². The lowest BCUT2D eigenvalue weighted by Crippen LogP contribution is -2.25. The molecule has 0 unspecified atom stereocenters. The Bertz CT molecular complexity index is 327. The van der Waals surface area contributed by atoms with Crippen LogP contribution < -0.4 is 4.74 Å². The van der Waals surface area contributed by atoms with Crippen molar-refractivity contribution in [2.75, 3.05) is 6.61 Å². The van der Waals surface area contributed by atoms with Crippen molar-refractivity contribution in [3.8, 4) is 5.75 Å². The first kappa shape index (κ1) is 9.49. The normalized spacial score (nSPS) is 26.4. The highest BCUT2D eigenvalue weighted by Gasteiger charge is 2.27. The number of benzene rings is 1. The standard InChI is InChI=1S/C9H8Br2O2/c10-5-1-2-8-6(3-5)9(12)7(11)4-13-8/h1-3,7,9,12H,4H2/t7-,9+/m1/s1. The van der Waals surface area contributed by atoms with E-state index >= 15 is 0 Å². The third kappa shape index (κ3) is 1.75. The molecule has 0 spiro atoms. The van der Waals surface area contributed by atoms with Crippen LogP contribution in [0.2, 0.25) is 0 Å². The van der Waals surface area contributed by atoms with Gasteiger partial charge in [0.15, 0.2) is 0 Å². The van der Waals surface area contributed by atoms with Crippen LogP contribution >= 0.6 is 31.9 Å². The lowest BCUT2D eigenvalue weighted by Gasteiger charge is -2.26. The van der Waals surface area contributed by atoms with Gasteiger partial charge in [-0.3, -0.25) is 0 Å². The Balaban J connectivity index is 2.45. The van der Waals surface area contributed by atoms with Crippen LogP contribution in [0.5, 0.6) is 5.75 Å². The van der Waals surface area contributed by atoms with Crippen LogP contribution in [0.15, 0.2) is 22.7 Å². The molecule has 2 atom stereocenters. The molecule has 1 aliphatic heterocycles. The summed E-state index contributed by atoms with van der Waals surface area (Å²) in [4.78, 5) is -0.0192. The summed E-state index contributed by atoms with van der Waals surface area (Å²) in [5, 5.41) is 9.81. The van der Waals surface area contributed by atoms with Crippen molar-refractivity contribution < 1.29 is 9.84 Å². The van der Waals surface area contributed by atoms with Crippen LogP contribution in [-0.2, 0) is 0 Å². The first-order valence-electron chi connectivity index (χ1n) is 3.93. The Kier molecular flexibility index (Phi) is 2.62. The highest BCUT2D eigenvalue weighted by Crippen LogP contribution is 2.36. The van der Waals surface area contributed by atoms with Crippen LogP contribution in [0.4, 0.5) is 0 Å². The van der Waals surface area contributed by atoms with E-state index in [0.717, 1.165) is 15.8 Å². The number of aliphatic hydroxyl groups excluding tert-OH is 1. The van der Waals surface area contributed by atoms with Crippen molar-refractivity contribution in [3.63, 3.8) is 0 Å². The van der Waals surface area contributed by atoms with E-state index < -0.39 is 6.10 Å². The molecule has 1 aromatic carbocycles. The molecule has 70 valence electrons. The maximum Gasteiger partial charge on any atom is 0.125 e. The number of aliphatic hydroxyl groups is 1. The molecular formula is C9H8Br2O2. The van der Waals surface area contributed by atoms with Crippen molar-refractivity contribution in [2.24, 2.45) is 0 Å². The van der Waals surface area contributed by atoms with Gasteiger partial charge in [-0.1, -0.05) is 31.9 Å². The number of alkyl halides is 1. The van der Waals surface area contributed by atoms with Gasteiger partial charge in [0.2, 0.25) is 0 Å². The molecule has 0 aliphatic carbocycles. The summed E-state index contributed by atoms with van der Waals surface area (Å²) in [5.74, 6) is 0.770. The predicted molar refractivity (Wildman–Crippen MR) is 57.3 cm³/mol. The quantitative estimate of drug-likeness (QED) is 0.747. The van der Waals surface area contributed by atoms with Crippen molar-refractivity contribution >= 4 is 31.9 Å². The molecule has 13 heavy (non-hydrogen) atoms. The molecule has 0 fully saturated rings. The minimum Gasteiger partial charge on any atom is -0.492 e. The Morgan fingerprint density at radius 3 is 3.00 bits per heavy atom. The van der Waals surface area contributed by atoms with Gasteiger partial charge in [-0.05, 0) is 18.2 Å². The summed E-state index contributed by atoms with van der Waals surface area (Å²) in [6.07, 6.45) is -0.485. The maximum absolute atomic E-state index is 9.81. The predicted octanol–water partition coefficient (Wildman–Crippen LogP) is 2.64. The minimum atomic E-state index is -0.485. The molecule has 0 bridgehead atoms. The lowest BCUT2D eigenvalue weighted by atomic mass is 10.0. The molecule has 2 nitrogen and oxygen atoms in total. The average molecular weight is 308 g/mol. The Labute approximate surface area is 93.2 Å². The average Bonchev–Trinajstić information content (AvgIpc) is 2.12. The van der Waals surface area contributed by atoms with E-state index in [-0.39, 0.29) is 4.83 Å². The smallest absolute Gasteiger partial charge is 0.125 e. The van der Waals surface area contributed by atoms with Gasteiger partial charge in [0.1, 0.15) is 12.4 Å². The summed E-state index contributed by atoms with van der Waals surface area (Å²) >= 11 is 6.71. The van der Waals surface area contributed by atoms with Crippen molar-refractivity contribution in [2.45, 2.75) is 10.9 Å². The zero-order chi connectivity index (χ0) is 9.42. The van der Waals surface area contributed by atoms with Crippen molar-refractivity contribution in [3.05, 3.63) is 28.2 Å². The topological polar surface area (TPSA) is 29.5 Å². The van der Waals surface area contributed by atoms with Crippen molar-refractivity contribution in [1.82, 2.24) is 0 Å². The molecule has 0 saturated carbocycles. The maximum atomic E-state index is 9.81. The van der Waals surface area contributed by atoms with E-state index in [2.05, 4.69) is 31.9 Å². The van der Waals surface area contributed by atoms with E-state index in [1.165, 1.54) is 0 Å². The van der Waals surface area contributed by atoms with E-state index in [9.17, 15) is 5.11 Å². The number of hydrogen-bond donors (Lipinski definition) is 1. The first-order chi connectivity index (χ1) is 6.18. The second-order valence-electron chi connectivity index (χ2n) is 2.95. The number of fused-ring (bicyclic) bond motifs is 1. The third-order valence-electron chi connectivity index (χ3n) is 2.03. The summed E-state index contributed by atoms with van der Waals surface area (Å²) in [6.45, 7) is 0.510. The van der Waals surface area contributed by atoms with Crippen molar-refractivity contribution in [1.29, 1.82) is 0 Å². The molecule has 0 radical (unpaired) electrons. The summed E-state index contributed by atoms with van der Waals surface area (Å²) in [7, 11) is 0. The minimum absolute atomic E-state index is 0.0192. The van der Waals surface area contributed by atoms with Gasteiger partial charge >= 0.3 is 0 Å². The number of hydrogen-bond acceptors (Lipinski definition) is 2. The molecule has 1 aliphatic rings. The van der Waals surface area contributed by atoms with Crippen LogP contribution in [0.3, 0.4) is 0 Å². The van der Waals surface area contributed by atoms with Crippen LogP contribution in [0, 0.1) is 0 Å². The monoisotopic (exact) mass is 306 g/mol. The van der Waals surface area contributed by atoms with Gasteiger partial charge in [0, 0.05) is 10.0 Å². The summed E-state index contributed by atoms with van der Waals surface area (Å²) in [6, 6.07) is 5.65. The van der Waals surface area contributed by atoms with Gasteiger partial charge < -0.3 is 9.84 Å². The lowest BCUT2D eigenvalue weighted by molar-refractivity contribution is 0.125. The molecule has 0 amide bonds. The van der Waals surface area contributed by atoms with Gasteiger partial charge in [0.05, 0.1) is 10.9 Å². The fourth-order valence-corrected chi connectivity index (χ4v) is 2.13. The molecule has 0 saturated heterocycles. The van der Waals surface area contributed by atoms with E-state index in [4.69, 9.17) is 4.74 Å². The molecule has 1 N–H and O–H groups in total. The van der Waals surface area contributed by atoms with Crippen LogP contribution in [-0.4, -0.2) is 16.5 Å². The highest BCUT2D eigenvalue weighted by molar-refractivity contribution is 9.10. The van der Waals surface area contributed by atoms with E-state index in [1.54, 1.807) is 0 Å². The largest absolute Gasteiger partial charge is 0.492 e. The van der Waals surface area contributed by atoms with Crippen LogP contribution in [0.25, 0.3) is 0 Å². The molecular weight excluding hydrogens is 300 g/mol. The van der Waals surface area contributed by atoms with Gasteiger partial charge in [-0.15, -0.1) is 0 Å². The summed E-state index contributed by atoms with van der Waals surface area (Å²) in [5.41, 5.74) is 0.836. The molecule has 2 rings (SSSR count). The number of ether oxygens (including phenoxy) is 1. The molecule has 4 heteroatoms. The number of halogens is 2. The Hall–Kier alpha value is -0.0600. The Morgan fingerprint density at radius 1 is 1.46 bits per heavy atom. The number of rotatable bonds is 0. The zero-order valence-corrected chi connectivity index (χ0v) is 9.88. The molecule has 1 aromatic rings. The van der Waals surface area contributed by atoms with E-state index in [1.807, 2.05) is 18.2 Å². The zero-order valence-electron chi connectivity index (χ0n) is 6.71. The Morgan fingerprint density at radius 2 is 2.23 bits per heavy atom. The van der Waals surface area contributed by atoms with Gasteiger partial charge in [0.25, 0.3) is 0 Å². The van der Waals surface area contributed by atoms with Crippen LogP contribution in [0.1, 0.15) is 11.7 Å².